The van der Waals surface area contributed by atoms with Crippen molar-refractivity contribution in [1.82, 2.24) is 0 Å². The number of fused-ring (bicyclic) bond motifs is 6. The van der Waals surface area contributed by atoms with Gasteiger partial charge in [-0.2, -0.15) is 39.5 Å². The molecule has 0 fully saturated rings. The molecule has 0 bridgehead atoms. The van der Waals surface area contributed by atoms with Crippen LogP contribution in [0, 0.1) is 13.5 Å². The Morgan fingerprint density at radius 3 is 0.833 bits per heavy atom. The summed E-state index contributed by atoms with van der Waals surface area (Å²) in [4.78, 5) is 20.7. The predicted octanol–water partition coefficient (Wildman–Crippen LogP) is 14.9. The summed E-state index contributed by atoms with van der Waals surface area (Å²) in [5, 5.41) is 1.85. The summed E-state index contributed by atoms with van der Waals surface area (Å²) in [6.45, 7) is 0. The van der Waals surface area contributed by atoms with E-state index in [1.54, 1.807) is 36.4 Å². The molecule has 0 radical (unpaired) electrons. The summed E-state index contributed by atoms with van der Waals surface area (Å²) >= 11 is 6.62. The normalized spacial score (nSPS) is 16.5. The van der Waals surface area contributed by atoms with E-state index in [0.717, 1.165) is 48.8 Å². The Hall–Kier alpha value is -3.27. The van der Waals surface area contributed by atoms with Crippen LogP contribution in [0.15, 0.2) is 139 Å². The van der Waals surface area contributed by atoms with Gasteiger partial charge in [-0.25, -0.2) is 15.0 Å². The van der Waals surface area contributed by atoms with Gasteiger partial charge in [0.2, 0.25) is 0 Å². The molecule has 0 aromatic heterocycles. The Morgan fingerprint density at radius 2 is 0.621 bits per heavy atom. The van der Waals surface area contributed by atoms with Gasteiger partial charge >= 0.3 is 18.5 Å². The molecule has 0 saturated carbocycles. The Bertz CT molecular complexity index is 2980. The fraction of sp³-hybridized carbons (Fsp3) is 0.200. The molecule has 3 atom stereocenters. The smallest absolute Gasteiger partial charge is 0.378 e. The molecule has 66 heavy (non-hydrogen) atoms. The zero-order valence-corrected chi connectivity index (χ0v) is 44.3. The van der Waals surface area contributed by atoms with Crippen LogP contribution in [0.5, 0.6) is 0 Å². The molecule has 0 N–H and O–H groups in total. The molecular formula is C45H36F9I3N6S3. The van der Waals surface area contributed by atoms with E-state index < -0.39 is 58.2 Å². The Morgan fingerprint density at radius 1 is 0.379 bits per heavy atom. The zero-order valence-electron chi connectivity index (χ0n) is 35.3. The Labute approximate surface area is 416 Å². The first kappa shape index (κ1) is 50.6. The van der Waals surface area contributed by atoms with Crippen molar-refractivity contribution >= 4 is 121 Å². The van der Waals surface area contributed by atoms with E-state index in [9.17, 15) is 39.5 Å². The highest BCUT2D eigenvalue weighted by Gasteiger charge is 2.37. The van der Waals surface area contributed by atoms with Crippen molar-refractivity contribution in [3.05, 3.63) is 155 Å². The van der Waals surface area contributed by atoms with E-state index in [1.807, 2.05) is 93.4 Å². The molecule has 21 heteroatoms. The van der Waals surface area contributed by atoms with Crippen LogP contribution in [0.3, 0.4) is 0 Å². The summed E-state index contributed by atoms with van der Waals surface area (Å²) in [6.07, 6.45) is -13.2. The fourth-order valence-corrected chi connectivity index (χ4v) is 17.0. The number of benzene rings is 6. The van der Waals surface area contributed by atoms with Gasteiger partial charge in [0.05, 0.1) is 49.8 Å². The Balaban J connectivity index is 0.000000147. The molecule has 0 saturated heterocycles. The monoisotopic (exact) mass is 1310 g/mol. The van der Waals surface area contributed by atoms with Crippen molar-refractivity contribution in [2.24, 2.45) is 15.0 Å². The fourth-order valence-electron chi connectivity index (χ4n) is 6.80. The number of hydrogen-bond donors (Lipinski definition) is 0. The van der Waals surface area contributed by atoms with E-state index >= 15 is 0 Å². The van der Waals surface area contributed by atoms with E-state index in [1.165, 1.54) is 18.2 Å². The van der Waals surface area contributed by atoms with E-state index in [2.05, 4.69) is 78.6 Å². The molecular weight excluding hydrogens is 1270 g/mol. The van der Waals surface area contributed by atoms with Gasteiger partial charge in [0.15, 0.2) is 0 Å². The summed E-state index contributed by atoms with van der Waals surface area (Å²) in [7, 11) is 10.2. The van der Waals surface area contributed by atoms with E-state index in [-0.39, 0.29) is 17.1 Å². The lowest BCUT2D eigenvalue weighted by Gasteiger charge is -2.18. The minimum absolute atomic E-state index is 0.0536. The SMILES string of the molecule is CN(C)c1ccc2c(c1)=S(I)c1cccc(C(F)(F)F)c1N=2.CN(C)c1ccc2c(c1)=S(I)c1cccc(C(F)(F)F)c1N=2.CN(C)c1ccc2c(c1)=S(I)c1cccc(C(F)(F)F)c1N=2. The van der Waals surface area contributed by atoms with Gasteiger partial charge in [-0.15, -0.1) is 0 Å². The minimum atomic E-state index is -4.39. The second-order valence-corrected chi connectivity index (χ2v) is 27.3. The second kappa shape index (κ2) is 19.6. The third-order valence-electron chi connectivity index (χ3n) is 10.1. The highest BCUT2D eigenvalue weighted by atomic mass is 127. The van der Waals surface area contributed by atoms with Gasteiger partial charge in [-0.1, -0.05) is 41.2 Å². The van der Waals surface area contributed by atoms with E-state index in [0.29, 0.717) is 30.8 Å². The van der Waals surface area contributed by atoms with Crippen molar-refractivity contribution in [2.45, 2.75) is 33.2 Å². The first-order chi connectivity index (χ1) is 30.9. The van der Waals surface area contributed by atoms with Crippen LogP contribution in [-0.2, 0) is 18.5 Å². The number of nitrogens with zero attached hydrogens (tertiary/aromatic N) is 6. The van der Waals surface area contributed by atoms with Gasteiger partial charge in [0.25, 0.3) is 0 Å². The molecule has 6 nitrogen and oxygen atoms in total. The van der Waals surface area contributed by atoms with Crippen LogP contribution in [0.4, 0.5) is 73.6 Å². The van der Waals surface area contributed by atoms with Crippen molar-refractivity contribution in [1.29, 1.82) is 0 Å². The van der Waals surface area contributed by atoms with Crippen LogP contribution < -0.4 is 30.8 Å². The third kappa shape index (κ3) is 10.5. The summed E-state index contributed by atoms with van der Waals surface area (Å²) in [6, 6.07) is 29.8. The number of rotatable bonds is 3. The number of para-hydroxylation sites is 3. The van der Waals surface area contributed by atoms with E-state index in [4.69, 9.17) is 0 Å². The van der Waals surface area contributed by atoms with Crippen molar-refractivity contribution in [3.8, 4) is 0 Å². The van der Waals surface area contributed by atoms with Gasteiger partial charge in [0, 0.05) is 87.6 Å². The molecule has 3 aliphatic rings. The lowest BCUT2D eigenvalue weighted by molar-refractivity contribution is -0.138. The predicted molar refractivity (Wildman–Crippen MR) is 275 cm³/mol. The first-order valence-electron chi connectivity index (χ1n) is 19.3. The van der Waals surface area contributed by atoms with Crippen molar-refractivity contribution in [2.75, 3.05) is 57.0 Å². The molecule has 0 amide bonds. The molecule has 6 aromatic rings. The number of halogens is 12. The summed E-state index contributed by atoms with van der Waals surface area (Å²) in [5.41, 5.74) is 1.20. The maximum absolute atomic E-state index is 13.2. The quantitative estimate of drug-likeness (QED) is 0.101. The van der Waals surface area contributed by atoms with Gasteiger partial charge < -0.3 is 14.7 Å². The number of hydrogen-bond acceptors (Lipinski definition) is 6. The van der Waals surface area contributed by atoms with Crippen LogP contribution in [0.2, 0.25) is 0 Å². The number of alkyl halides is 9. The molecule has 3 aliphatic heterocycles. The highest BCUT2D eigenvalue weighted by Crippen LogP contribution is 2.52. The molecule has 348 valence electrons. The zero-order chi connectivity index (χ0) is 48.2. The molecule has 6 aromatic carbocycles. The molecule has 9 rings (SSSR count). The largest absolute Gasteiger partial charge is 0.418 e. The number of anilines is 3. The molecule has 0 aliphatic carbocycles. The summed E-state index contributed by atoms with van der Waals surface area (Å²) < 4.78 is 122. The van der Waals surface area contributed by atoms with Gasteiger partial charge in [0.1, 0.15) is 0 Å². The van der Waals surface area contributed by atoms with Crippen LogP contribution in [-0.4, -0.2) is 42.3 Å². The van der Waals surface area contributed by atoms with Crippen LogP contribution in [0.25, 0.3) is 0 Å². The molecule has 0 spiro atoms. The average molecular weight is 1310 g/mol. The molecule has 3 heterocycles. The summed E-state index contributed by atoms with van der Waals surface area (Å²) in [5.74, 6) is 0. The highest BCUT2D eigenvalue weighted by molar-refractivity contribution is 14.2. The molecule has 3 unspecified atom stereocenters. The van der Waals surface area contributed by atoms with Gasteiger partial charge in [-0.05, 0) is 155 Å². The van der Waals surface area contributed by atoms with Crippen LogP contribution in [0.1, 0.15) is 16.7 Å². The standard InChI is InChI=1S/3C15H12F3IN2S/c3*1-21(2)9-6-7-11-13(8-9)22(19)12-5-3-4-10(14(12)20-11)15(16,17)18/h3*3-8H,1-2H3. The lowest BCUT2D eigenvalue weighted by atomic mass is 10.1. The Kier molecular flexibility index (Phi) is 15.0. The third-order valence-corrected chi connectivity index (χ3v) is 23.0. The average Bonchev–Trinajstić information content (AvgIpc) is 3.25. The topological polar surface area (TPSA) is 46.8 Å². The van der Waals surface area contributed by atoms with Crippen LogP contribution >= 0.6 is 86.6 Å². The lowest BCUT2D eigenvalue weighted by Crippen LogP contribution is -2.13. The minimum Gasteiger partial charge on any atom is -0.378 e. The maximum atomic E-state index is 13.2. The second-order valence-electron chi connectivity index (χ2n) is 15.2. The van der Waals surface area contributed by atoms with Crippen molar-refractivity contribution < 1.29 is 39.5 Å². The first-order valence-corrected chi connectivity index (χ1v) is 30.6. The van der Waals surface area contributed by atoms with Gasteiger partial charge in [-0.3, -0.25) is 0 Å². The van der Waals surface area contributed by atoms with Crippen molar-refractivity contribution in [3.63, 3.8) is 0 Å². The maximum Gasteiger partial charge on any atom is 0.418 e.